The molecular weight excluding hydrogens is 254 g/mol. The number of nitrogens with zero attached hydrogens (tertiary/aromatic N) is 2. The van der Waals surface area contributed by atoms with Crippen LogP contribution in [-0.2, 0) is 12.8 Å². The zero-order chi connectivity index (χ0) is 13.9. The highest BCUT2D eigenvalue weighted by Crippen LogP contribution is 2.18. The number of nitrogens with one attached hydrogen (secondary N) is 3. The molecule has 1 atom stereocenters. The standard InChI is InChI=1S/C14H17N5O/c1-9-3-2-4-13(16-9)18-14(20)17-11-5-6-12-10(7-11)8-15-19-12/h2-4,8,11H,5-7H2,1H3,(H,15,19)(H2,16,17,18,20). The third-order valence-electron chi connectivity index (χ3n) is 3.48. The van der Waals surface area contributed by atoms with Crippen LogP contribution in [0.4, 0.5) is 10.6 Å². The maximum absolute atomic E-state index is 12.0. The van der Waals surface area contributed by atoms with Crippen molar-refractivity contribution in [3.63, 3.8) is 0 Å². The Kier molecular flexibility index (Phi) is 3.37. The largest absolute Gasteiger partial charge is 0.335 e. The number of amides is 2. The molecule has 0 bridgehead atoms. The number of rotatable bonds is 2. The maximum atomic E-state index is 12.0. The van der Waals surface area contributed by atoms with Gasteiger partial charge in [0.25, 0.3) is 0 Å². The Bertz CT molecular complexity index is 622. The molecule has 0 saturated heterocycles. The Morgan fingerprint density at radius 1 is 1.45 bits per heavy atom. The van der Waals surface area contributed by atoms with Crippen LogP contribution in [-0.4, -0.2) is 27.3 Å². The van der Waals surface area contributed by atoms with Crippen molar-refractivity contribution in [3.05, 3.63) is 41.3 Å². The molecule has 20 heavy (non-hydrogen) atoms. The first-order valence-electron chi connectivity index (χ1n) is 6.73. The van der Waals surface area contributed by atoms with Crippen LogP contribution >= 0.6 is 0 Å². The van der Waals surface area contributed by atoms with E-state index in [9.17, 15) is 4.79 Å². The lowest BCUT2D eigenvalue weighted by molar-refractivity contribution is 0.247. The fraction of sp³-hybridized carbons (Fsp3) is 0.357. The van der Waals surface area contributed by atoms with E-state index in [1.54, 1.807) is 6.07 Å². The number of pyridine rings is 1. The lowest BCUT2D eigenvalue weighted by Gasteiger charge is -2.22. The summed E-state index contributed by atoms with van der Waals surface area (Å²) in [5.74, 6) is 0.572. The molecule has 0 saturated carbocycles. The first kappa shape index (κ1) is 12.7. The number of carbonyl (C=O) groups excluding carboxylic acids is 1. The molecule has 1 aliphatic carbocycles. The Labute approximate surface area is 117 Å². The first-order valence-corrected chi connectivity index (χ1v) is 6.73. The van der Waals surface area contributed by atoms with Crippen molar-refractivity contribution in [1.82, 2.24) is 20.5 Å². The third kappa shape index (κ3) is 2.79. The summed E-state index contributed by atoms with van der Waals surface area (Å²) in [6, 6.07) is 5.48. The van der Waals surface area contributed by atoms with Gasteiger partial charge in [-0.3, -0.25) is 10.4 Å². The van der Waals surface area contributed by atoms with Gasteiger partial charge in [0, 0.05) is 17.4 Å². The monoisotopic (exact) mass is 271 g/mol. The number of anilines is 1. The van der Waals surface area contributed by atoms with Gasteiger partial charge < -0.3 is 5.32 Å². The number of aromatic amines is 1. The molecule has 1 unspecified atom stereocenters. The van der Waals surface area contributed by atoms with Gasteiger partial charge in [0.15, 0.2) is 0 Å². The quantitative estimate of drug-likeness (QED) is 0.778. The summed E-state index contributed by atoms with van der Waals surface area (Å²) in [4.78, 5) is 16.2. The van der Waals surface area contributed by atoms with E-state index in [2.05, 4.69) is 25.8 Å². The summed E-state index contributed by atoms with van der Waals surface area (Å²) < 4.78 is 0. The lowest BCUT2D eigenvalue weighted by atomic mass is 9.94. The number of H-pyrrole nitrogens is 1. The molecule has 2 aromatic heterocycles. The molecule has 2 heterocycles. The molecule has 0 spiro atoms. The SMILES string of the molecule is Cc1cccc(NC(=O)NC2CCc3[nH]ncc3C2)n1. The van der Waals surface area contributed by atoms with Crippen LogP contribution in [0.15, 0.2) is 24.4 Å². The highest BCUT2D eigenvalue weighted by molar-refractivity contribution is 5.88. The van der Waals surface area contributed by atoms with Gasteiger partial charge in [-0.2, -0.15) is 5.10 Å². The van der Waals surface area contributed by atoms with E-state index >= 15 is 0 Å². The lowest BCUT2D eigenvalue weighted by Crippen LogP contribution is -2.41. The van der Waals surface area contributed by atoms with Crippen LogP contribution in [0.2, 0.25) is 0 Å². The van der Waals surface area contributed by atoms with Crippen LogP contribution in [0.3, 0.4) is 0 Å². The summed E-state index contributed by atoms with van der Waals surface area (Å²) in [7, 11) is 0. The van der Waals surface area contributed by atoms with E-state index in [1.165, 1.54) is 11.3 Å². The Morgan fingerprint density at radius 2 is 2.35 bits per heavy atom. The Hall–Kier alpha value is -2.37. The first-order chi connectivity index (χ1) is 9.70. The summed E-state index contributed by atoms with van der Waals surface area (Å²) in [6.45, 7) is 1.89. The number of hydrogen-bond acceptors (Lipinski definition) is 3. The second kappa shape index (κ2) is 5.32. The van der Waals surface area contributed by atoms with Gasteiger partial charge in [0.1, 0.15) is 5.82 Å². The van der Waals surface area contributed by atoms with Gasteiger partial charge in [-0.15, -0.1) is 0 Å². The molecule has 6 heteroatoms. The predicted molar refractivity (Wildman–Crippen MR) is 75.5 cm³/mol. The zero-order valence-electron chi connectivity index (χ0n) is 11.3. The van der Waals surface area contributed by atoms with Gasteiger partial charge in [-0.1, -0.05) is 6.07 Å². The zero-order valence-corrected chi connectivity index (χ0v) is 11.3. The summed E-state index contributed by atoms with van der Waals surface area (Å²) in [5, 5.41) is 12.8. The second-order valence-corrected chi connectivity index (χ2v) is 5.08. The van der Waals surface area contributed by atoms with E-state index in [0.29, 0.717) is 5.82 Å². The fourth-order valence-electron chi connectivity index (χ4n) is 2.49. The molecular formula is C14H17N5O. The minimum Gasteiger partial charge on any atom is -0.335 e. The smallest absolute Gasteiger partial charge is 0.320 e. The van der Waals surface area contributed by atoms with E-state index in [0.717, 1.165) is 25.0 Å². The molecule has 104 valence electrons. The van der Waals surface area contributed by atoms with Crippen molar-refractivity contribution in [2.75, 3.05) is 5.32 Å². The van der Waals surface area contributed by atoms with Crippen LogP contribution < -0.4 is 10.6 Å². The molecule has 0 aliphatic heterocycles. The van der Waals surface area contributed by atoms with E-state index < -0.39 is 0 Å². The van der Waals surface area contributed by atoms with Crippen molar-refractivity contribution in [1.29, 1.82) is 0 Å². The molecule has 0 radical (unpaired) electrons. The molecule has 6 nitrogen and oxygen atoms in total. The normalized spacial score (nSPS) is 17.4. The summed E-state index contributed by atoms with van der Waals surface area (Å²) in [6.07, 6.45) is 4.50. The number of urea groups is 1. The minimum absolute atomic E-state index is 0.143. The van der Waals surface area contributed by atoms with Crippen molar-refractivity contribution in [2.45, 2.75) is 32.2 Å². The molecule has 3 rings (SSSR count). The Balaban J connectivity index is 1.57. The third-order valence-corrected chi connectivity index (χ3v) is 3.48. The number of aromatic nitrogens is 3. The average molecular weight is 271 g/mol. The highest BCUT2D eigenvalue weighted by atomic mass is 16.2. The molecule has 1 aliphatic rings. The van der Waals surface area contributed by atoms with Crippen molar-refractivity contribution in [3.8, 4) is 0 Å². The minimum atomic E-state index is -0.208. The molecule has 0 fully saturated rings. The van der Waals surface area contributed by atoms with Crippen molar-refractivity contribution >= 4 is 11.8 Å². The van der Waals surface area contributed by atoms with Crippen LogP contribution in [0.5, 0.6) is 0 Å². The molecule has 2 aromatic rings. The maximum Gasteiger partial charge on any atom is 0.320 e. The predicted octanol–water partition coefficient (Wildman–Crippen LogP) is 1.79. The van der Waals surface area contributed by atoms with Gasteiger partial charge in [-0.25, -0.2) is 9.78 Å². The van der Waals surface area contributed by atoms with Crippen LogP contribution in [0, 0.1) is 6.92 Å². The van der Waals surface area contributed by atoms with E-state index in [4.69, 9.17) is 0 Å². The molecule has 2 amide bonds. The summed E-state index contributed by atoms with van der Waals surface area (Å²) in [5.41, 5.74) is 3.25. The van der Waals surface area contributed by atoms with Gasteiger partial charge in [0.2, 0.25) is 0 Å². The van der Waals surface area contributed by atoms with Crippen molar-refractivity contribution < 1.29 is 4.79 Å². The fourth-order valence-corrected chi connectivity index (χ4v) is 2.49. The van der Waals surface area contributed by atoms with Gasteiger partial charge >= 0.3 is 6.03 Å². The average Bonchev–Trinajstić information content (AvgIpc) is 2.86. The molecule has 3 N–H and O–H groups in total. The highest BCUT2D eigenvalue weighted by Gasteiger charge is 2.21. The number of hydrogen-bond donors (Lipinski definition) is 3. The summed E-state index contributed by atoms with van der Waals surface area (Å²) >= 11 is 0. The van der Waals surface area contributed by atoms with Crippen molar-refractivity contribution in [2.24, 2.45) is 0 Å². The van der Waals surface area contributed by atoms with Crippen LogP contribution in [0.25, 0.3) is 0 Å². The van der Waals surface area contributed by atoms with E-state index in [1.807, 2.05) is 25.3 Å². The number of aryl methyl sites for hydroxylation is 2. The molecule has 0 aromatic carbocycles. The van der Waals surface area contributed by atoms with E-state index in [-0.39, 0.29) is 12.1 Å². The van der Waals surface area contributed by atoms with Crippen LogP contribution in [0.1, 0.15) is 23.4 Å². The van der Waals surface area contributed by atoms with Gasteiger partial charge in [-0.05, 0) is 43.9 Å². The van der Waals surface area contributed by atoms with Gasteiger partial charge in [0.05, 0.1) is 6.20 Å². The number of carbonyl (C=O) groups is 1. The topological polar surface area (TPSA) is 82.7 Å². The Morgan fingerprint density at radius 3 is 3.20 bits per heavy atom. The number of fused-ring (bicyclic) bond motifs is 1. The second-order valence-electron chi connectivity index (χ2n) is 5.08.